The molecular formula is C18H19N3O4. The van der Waals surface area contributed by atoms with E-state index >= 15 is 0 Å². The first kappa shape index (κ1) is 16.8. The van der Waals surface area contributed by atoms with Gasteiger partial charge in [0, 0.05) is 24.3 Å². The van der Waals surface area contributed by atoms with Crippen LogP contribution in [0.4, 0.5) is 4.79 Å². The van der Waals surface area contributed by atoms with Gasteiger partial charge in [-0.1, -0.05) is 12.1 Å². The molecule has 0 bridgehead atoms. The summed E-state index contributed by atoms with van der Waals surface area (Å²) in [7, 11) is 0. The van der Waals surface area contributed by atoms with E-state index in [0.29, 0.717) is 17.4 Å². The molecule has 130 valence electrons. The molecule has 0 fully saturated rings. The molecule has 0 aliphatic rings. The zero-order valence-electron chi connectivity index (χ0n) is 14.3. The predicted molar refractivity (Wildman–Crippen MR) is 91.9 cm³/mol. The molecular weight excluding hydrogens is 322 g/mol. The number of aromatic nitrogens is 3. The summed E-state index contributed by atoms with van der Waals surface area (Å²) in [4.78, 5) is 28.2. The summed E-state index contributed by atoms with van der Waals surface area (Å²) in [6.45, 7) is 5.74. The number of ether oxygens (including phenoxy) is 1. The van der Waals surface area contributed by atoms with Crippen molar-refractivity contribution in [3.05, 3.63) is 54.2 Å². The van der Waals surface area contributed by atoms with E-state index in [1.54, 1.807) is 45.4 Å². The van der Waals surface area contributed by atoms with Gasteiger partial charge in [-0.05, 0) is 38.5 Å². The Morgan fingerprint density at radius 1 is 1.28 bits per heavy atom. The van der Waals surface area contributed by atoms with E-state index in [-0.39, 0.29) is 5.69 Å². The van der Waals surface area contributed by atoms with E-state index in [4.69, 9.17) is 4.74 Å². The number of carboxylic acid groups (broad SMARTS) is 1. The van der Waals surface area contributed by atoms with E-state index in [1.165, 1.54) is 6.07 Å². The van der Waals surface area contributed by atoms with Crippen LogP contribution < -0.4 is 0 Å². The predicted octanol–water partition coefficient (Wildman–Crippen LogP) is 3.37. The Bertz CT molecular complexity index is 933. The lowest BCUT2D eigenvalue weighted by molar-refractivity contribution is 0.0513. The number of rotatable bonds is 3. The van der Waals surface area contributed by atoms with Gasteiger partial charge < -0.3 is 14.4 Å². The fourth-order valence-corrected chi connectivity index (χ4v) is 2.67. The molecule has 1 N–H and O–H groups in total. The highest BCUT2D eigenvalue weighted by Crippen LogP contribution is 2.26. The van der Waals surface area contributed by atoms with Gasteiger partial charge in [0.2, 0.25) is 0 Å². The lowest BCUT2D eigenvalue weighted by Gasteiger charge is -2.20. The van der Waals surface area contributed by atoms with Gasteiger partial charge in [-0.3, -0.25) is 0 Å². The van der Waals surface area contributed by atoms with Crippen molar-refractivity contribution in [3.63, 3.8) is 0 Å². The van der Waals surface area contributed by atoms with Crippen molar-refractivity contribution in [2.45, 2.75) is 32.9 Å². The summed E-state index contributed by atoms with van der Waals surface area (Å²) < 4.78 is 8.36. The Hall–Kier alpha value is -3.09. The first-order chi connectivity index (χ1) is 11.8. The highest BCUT2D eigenvalue weighted by atomic mass is 16.6. The average Bonchev–Trinajstić information content (AvgIpc) is 3.12. The van der Waals surface area contributed by atoms with Gasteiger partial charge in [0.25, 0.3) is 0 Å². The standard InChI is InChI=1S/C18H19N3O4/c1-18(2,3)25-17(24)21-14-6-4-5-12(10-20-8-7-19-11-20)13(14)9-15(21)16(22)23/h4-9,11H,10H2,1-3H3,(H,22,23). The molecule has 3 aromatic rings. The highest BCUT2D eigenvalue weighted by Gasteiger charge is 2.25. The lowest BCUT2D eigenvalue weighted by atomic mass is 10.1. The number of benzene rings is 1. The third-order valence-corrected chi connectivity index (χ3v) is 3.64. The zero-order chi connectivity index (χ0) is 18.2. The topological polar surface area (TPSA) is 86.4 Å². The molecule has 0 atom stereocenters. The molecule has 0 amide bonds. The maximum atomic E-state index is 12.6. The molecule has 0 saturated heterocycles. The van der Waals surface area contributed by atoms with Gasteiger partial charge in [0.1, 0.15) is 11.3 Å². The van der Waals surface area contributed by atoms with Crippen LogP contribution in [-0.2, 0) is 11.3 Å². The van der Waals surface area contributed by atoms with Crippen LogP contribution >= 0.6 is 0 Å². The number of fused-ring (bicyclic) bond motifs is 1. The lowest BCUT2D eigenvalue weighted by Crippen LogP contribution is -2.28. The van der Waals surface area contributed by atoms with Crippen LogP contribution in [0.3, 0.4) is 0 Å². The van der Waals surface area contributed by atoms with Crippen molar-refractivity contribution >= 4 is 23.0 Å². The minimum atomic E-state index is -1.18. The second-order valence-electron chi connectivity index (χ2n) is 6.74. The van der Waals surface area contributed by atoms with E-state index in [9.17, 15) is 14.7 Å². The Kier molecular flexibility index (Phi) is 4.08. The molecule has 25 heavy (non-hydrogen) atoms. The molecule has 2 aromatic heterocycles. The van der Waals surface area contributed by atoms with Crippen LogP contribution in [0.15, 0.2) is 43.0 Å². The average molecular weight is 341 g/mol. The summed E-state index contributed by atoms with van der Waals surface area (Å²) in [6, 6.07) is 6.91. The van der Waals surface area contributed by atoms with Gasteiger partial charge in [-0.25, -0.2) is 19.1 Å². The molecule has 3 rings (SSSR count). The van der Waals surface area contributed by atoms with Crippen molar-refractivity contribution in [2.24, 2.45) is 0 Å². The van der Waals surface area contributed by atoms with Gasteiger partial charge >= 0.3 is 12.1 Å². The molecule has 7 nitrogen and oxygen atoms in total. The number of nitrogens with zero attached hydrogens (tertiary/aromatic N) is 3. The minimum Gasteiger partial charge on any atom is -0.477 e. The number of carboxylic acids is 1. The normalized spacial score (nSPS) is 11.6. The fraction of sp³-hybridized carbons (Fsp3) is 0.278. The maximum Gasteiger partial charge on any atom is 0.419 e. The van der Waals surface area contributed by atoms with Crippen molar-refractivity contribution in [3.8, 4) is 0 Å². The van der Waals surface area contributed by atoms with Crippen LogP contribution in [0.5, 0.6) is 0 Å². The number of carbonyl (C=O) groups excluding carboxylic acids is 1. The molecule has 0 unspecified atom stereocenters. The van der Waals surface area contributed by atoms with E-state index in [2.05, 4.69) is 4.98 Å². The Labute approximate surface area is 144 Å². The SMILES string of the molecule is CC(C)(C)OC(=O)n1c(C(=O)O)cc2c(Cn3ccnc3)cccc21. The van der Waals surface area contributed by atoms with E-state index < -0.39 is 17.7 Å². The van der Waals surface area contributed by atoms with Gasteiger partial charge in [-0.2, -0.15) is 0 Å². The van der Waals surface area contributed by atoms with Crippen molar-refractivity contribution in [1.29, 1.82) is 0 Å². The van der Waals surface area contributed by atoms with Crippen LogP contribution in [0.2, 0.25) is 0 Å². The number of imidazole rings is 1. The molecule has 1 aromatic carbocycles. The molecule has 0 spiro atoms. The molecule has 2 heterocycles. The second kappa shape index (κ2) is 6.08. The van der Waals surface area contributed by atoms with E-state index in [1.807, 2.05) is 16.8 Å². The fourth-order valence-electron chi connectivity index (χ4n) is 2.67. The maximum absolute atomic E-state index is 12.6. The monoisotopic (exact) mass is 341 g/mol. The number of carbonyl (C=O) groups is 2. The van der Waals surface area contributed by atoms with Crippen LogP contribution in [0, 0.1) is 0 Å². The summed E-state index contributed by atoms with van der Waals surface area (Å²) in [6.07, 6.45) is 4.47. The number of hydrogen-bond donors (Lipinski definition) is 1. The number of aromatic carboxylic acids is 1. The summed E-state index contributed by atoms with van der Waals surface area (Å²) in [5, 5.41) is 10.2. The smallest absolute Gasteiger partial charge is 0.419 e. The largest absolute Gasteiger partial charge is 0.477 e. The van der Waals surface area contributed by atoms with Crippen LogP contribution in [-0.4, -0.2) is 36.9 Å². The molecule has 0 aliphatic heterocycles. The highest BCUT2D eigenvalue weighted by molar-refractivity contribution is 6.01. The Morgan fingerprint density at radius 3 is 2.64 bits per heavy atom. The third kappa shape index (κ3) is 3.40. The third-order valence-electron chi connectivity index (χ3n) is 3.64. The number of hydrogen-bond acceptors (Lipinski definition) is 4. The minimum absolute atomic E-state index is 0.123. The Morgan fingerprint density at radius 2 is 2.04 bits per heavy atom. The van der Waals surface area contributed by atoms with Gasteiger partial charge in [0.05, 0.1) is 11.8 Å². The van der Waals surface area contributed by atoms with Crippen molar-refractivity contribution in [2.75, 3.05) is 0 Å². The first-order valence-corrected chi connectivity index (χ1v) is 7.82. The van der Waals surface area contributed by atoms with Crippen LogP contribution in [0.1, 0.15) is 36.8 Å². The quantitative estimate of drug-likeness (QED) is 0.789. The van der Waals surface area contributed by atoms with Gasteiger partial charge in [-0.15, -0.1) is 0 Å². The van der Waals surface area contributed by atoms with Crippen molar-refractivity contribution < 1.29 is 19.4 Å². The van der Waals surface area contributed by atoms with E-state index in [0.717, 1.165) is 10.1 Å². The molecule has 0 aliphatic carbocycles. The summed E-state index contributed by atoms with van der Waals surface area (Å²) in [5.41, 5.74) is 0.546. The van der Waals surface area contributed by atoms with Gasteiger partial charge in [0.15, 0.2) is 0 Å². The van der Waals surface area contributed by atoms with Crippen molar-refractivity contribution in [1.82, 2.24) is 14.1 Å². The first-order valence-electron chi connectivity index (χ1n) is 7.82. The molecule has 0 radical (unpaired) electrons. The summed E-state index contributed by atoms with van der Waals surface area (Å²) >= 11 is 0. The summed E-state index contributed by atoms with van der Waals surface area (Å²) in [5.74, 6) is -1.18. The van der Waals surface area contributed by atoms with Crippen LogP contribution in [0.25, 0.3) is 10.9 Å². The Balaban J connectivity index is 2.14. The molecule has 7 heteroatoms. The molecule has 0 saturated carbocycles. The second-order valence-corrected chi connectivity index (χ2v) is 6.74. The zero-order valence-corrected chi connectivity index (χ0v) is 14.3.